The summed E-state index contributed by atoms with van der Waals surface area (Å²) in [5, 5.41) is 3.30. The van der Waals surface area contributed by atoms with Gasteiger partial charge < -0.3 is 10.1 Å². The Morgan fingerprint density at radius 1 is 1.05 bits per heavy atom. The van der Waals surface area contributed by atoms with Crippen LogP contribution in [0.2, 0.25) is 5.02 Å². The first-order valence-corrected chi connectivity index (χ1v) is 14.2. The van der Waals surface area contributed by atoms with Gasteiger partial charge in [-0.25, -0.2) is 22.4 Å². The number of hydrogen-bond donors (Lipinski definition) is 1. The van der Waals surface area contributed by atoms with Crippen LogP contribution < -0.4 is 5.32 Å². The van der Waals surface area contributed by atoms with Crippen LogP contribution in [0.15, 0.2) is 64.7 Å². The molecule has 12 heteroatoms. The quantitative estimate of drug-likeness (QED) is 0.494. The van der Waals surface area contributed by atoms with Gasteiger partial charge in [-0.3, -0.25) is 9.80 Å². The van der Waals surface area contributed by atoms with Gasteiger partial charge in [-0.05, 0) is 55.8 Å². The number of hydrogen-bond acceptors (Lipinski definition) is 6. The van der Waals surface area contributed by atoms with Crippen molar-refractivity contribution in [2.75, 3.05) is 45.9 Å². The number of amides is 2. The highest BCUT2D eigenvalue weighted by molar-refractivity contribution is 7.89. The maximum Gasteiger partial charge on any atom is 0.338 e. The van der Waals surface area contributed by atoms with Crippen LogP contribution in [0.1, 0.15) is 25.5 Å². The molecule has 4 rings (SSSR count). The zero-order valence-corrected chi connectivity index (χ0v) is 22.8. The van der Waals surface area contributed by atoms with Crippen molar-refractivity contribution in [1.29, 1.82) is 0 Å². The average Bonchev–Trinajstić information content (AvgIpc) is 2.89. The van der Waals surface area contributed by atoms with Crippen molar-refractivity contribution in [3.63, 3.8) is 0 Å². The van der Waals surface area contributed by atoms with Crippen LogP contribution in [0.25, 0.3) is 0 Å². The van der Waals surface area contributed by atoms with Gasteiger partial charge in [-0.1, -0.05) is 23.7 Å². The Labute approximate surface area is 226 Å². The minimum Gasteiger partial charge on any atom is -0.463 e. The van der Waals surface area contributed by atoms with Crippen molar-refractivity contribution in [3.05, 3.63) is 76.2 Å². The van der Waals surface area contributed by atoms with Crippen molar-refractivity contribution in [2.24, 2.45) is 0 Å². The van der Waals surface area contributed by atoms with E-state index in [-0.39, 0.29) is 42.7 Å². The predicted molar refractivity (Wildman–Crippen MR) is 140 cm³/mol. The molecule has 2 aromatic carbocycles. The summed E-state index contributed by atoms with van der Waals surface area (Å²) in [7, 11) is -3.68. The number of benzene rings is 2. The molecule has 0 aromatic heterocycles. The first-order chi connectivity index (χ1) is 18.1. The number of carbonyl (C=O) groups is 2. The molecule has 1 fully saturated rings. The van der Waals surface area contributed by atoms with Crippen LogP contribution >= 0.6 is 11.6 Å². The second kappa shape index (κ2) is 11.8. The summed E-state index contributed by atoms with van der Waals surface area (Å²) in [6.07, 6.45) is 0. The van der Waals surface area contributed by atoms with Gasteiger partial charge in [0.1, 0.15) is 5.82 Å². The Morgan fingerprint density at radius 2 is 1.68 bits per heavy atom. The lowest BCUT2D eigenvalue weighted by Gasteiger charge is -2.40. The van der Waals surface area contributed by atoms with E-state index in [0.29, 0.717) is 35.9 Å². The van der Waals surface area contributed by atoms with Crippen LogP contribution in [0.3, 0.4) is 0 Å². The third-order valence-electron chi connectivity index (χ3n) is 6.61. The van der Waals surface area contributed by atoms with Gasteiger partial charge in [0.2, 0.25) is 10.0 Å². The number of ether oxygens (including phenoxy) is 1. The number of likely N-dealkylation sites (N-methyl/N-ethyl adjacent to an activating group) is 1. The molecular formula is C26H30ClFN4O5S. The number of sulfonamides is 1. The minimum atomic E-state index is -3.68. The number of piperazine rings is 1. The molecule has 0 spiro atoms. The minimum absolute atomic E-state index is 0.146. The van der Waals surface area contributed by atoms with Gasteiger partial charge in [-0.2, -0.15) is 4.31 Å². The Morgan fingerprint density at radius 3 is 2.26 bits per heavy atom. The van der Waals surface area contributed by atoms with E-state index in [1.165, 1.54) is 45.6 Å². The van der Waals surface area contributed by atoms with E-state index in [4.69, 9.17) is 16.3 Å². The second-order valence-corrected chi connectivity index (χ2v) is 11.3. The van der Waals surface area contributed by atoms with E-state index in [9.17, 15) is 22.4 Å². The molecule has 204 valence electrons. The van der Waals surface area contributed by atoms with Crippen LogP contribution in [0, 0.1) is 5.82 Å². The van der Waals surface area contributed by atoms with Crippen molar-refractivity contribution in [2.45, 2.75) is 24.8 Å². The normalized spacial score (nSPS) is 19.4. The fraction of sp³-hybridized carbons (Fsp3) is 0.385. The molecule has 0 saturated carbocycles. The van der Waals surface area contributed by atoms with E-state index in [1.807, 2.05) is 4.90 Å². The number of carbonyl (C=O) groups excluding carboxylic acids is 2. The molecule has 1 saturated heterocycles. The number of nitrogens with one attached hydrogen (secondary N) is 1. The van der Waals surface area contributed by atoms with Gasteiger partial charge in [0, 0.05) is 50.0 Å². The first kappa shape index (κ1) is 28.0. The van der Waals surface area contributed by atoms with E-state index in [0.717, 1.165) is 0 Å². The van der Waals surface area contributed by atoms with E-state index in [1.54, 1.807) is 26.0 Å². The van der Waals surface area contributed by atoms with Gasteiger partial charge in [0.25, 0.3) is 0 Å². The molecule has 1 unspecified atom stereocenters. The summed E-state index contributed by atoms with van der Waals surface area (Å²) in [6.45, 7) is 5.47. The number of nitrogens with zero attached hydrogens (tertiary/aromatic N) is 3. The molecule has 9 nitrogen and oxygen atoms in total. The molecule has 2 amide bonds. The SMILES string of the molecule is CCOC(=O)C1=C(CN2CCN(S(=O)(=O)c3ccc(Cl)cc3)CC2)N(CC)C(=O)NC1c1ccc(F)cc1. The molecule has 1 atom stereocenters. The number of urea groups is 1. The van der Waals surface area contributed by atoms with Crippen molar-refractivity contribution in [3.8, 4) is 0 Å². The fourth-order valence-corrected chi connectivity index (χ4v) is 6.21. The predicted octanol–water partition coefficient (Wildman–Crippen LogP) is 3.39. The molecule has 38 heavy (non-hydrogen) atoms. The van der Waals surface area contributed by atoms with Crippen LogP contribution in [-0.2, 0) is 19.6 Å². The Hall–Kier alpha value is -2.99. The molecule has 0 bridgehead atoms. The average molecular weight is 565 g/mol. The number of rotatable bonds is 8. The van der Waals surface area contributed by atoms with E-state index < -0.39 is 27.9 Å². The summed E-state index contributed by atoms with van der Waals surface area (Å²) in [5.41, 5.74) is 1.31. The second-order valence-electron chi connectivity index (χ2n) is 8.89. The van der Waals surface area contributed by atoms with Gasteiger partial charge in [-0.15, -0.1) is 0 Å². The molecule has 0 radical (unpaired) electrons. The lowest BCUT2D eigenvalue weighted by molar-refractivity contribution is -0.139. The molecule has 2 aromatic rings. The summed E-state index contributed by atoms with van der Waals surface area (Å²) in [4.78, 5) is 29.9. The fourth-order valence-electron chi connectivity index (χ4n) is 4.66. The summed E-state index contributed by atoms with van der Waals surface area (Å²) < 4.78 is 46.5. The third kappa shape index (κ3) is 5.85. The highest BCUT2D eigenvalue weighted by Gasteiger charge is 2.39. The number of esters is 1. The molecule has 1 N–H and O–H groups in total. The molecule has 2 heterocycles. The highest BCUT2D eigenvalue weighted by Crippen LogP contribution is 2.32. The number of halogens is 2. The Balaban J connectivity index is 1.61. The lowest BCUT2D eigenvalue weighted by atomic mass is 9.94. The largest absolute Gasteiger partial charge is 0.463 e. The maximum absolute atomic E-state index is 13.6. The summed E-state index contributed by atoms with van der Waals surface area (Å²) in [6, 6.07) is 10.5. The Kier molecular flexibility index (Phi) is 8.71. The third-order valence-corrected chi connectivity index (χ3v) is 8.77. The van der Waals surface area contributed by atoms with Crippen LogP contribution in [-0.4, -0.2) is 80.4 Å². The zero-order valence-electron chi connectivity index (χ0n) is 21.2. The topological polar surface area (TPSA) is 99.3 Å². The maximum atomic E-state index is 13.6. The van der Waals surface area contributed by atoms with Crippen molar-refractivity contribution >= 4 is 33.6 Å². The zero-order chi connectivity index (χ0) is 27.4. The van der Waals surface area contributed by atoms with Gasteiger partial charge in [0.05, 0.1) is 23.1 Å². The monoisotopic (exact) mass is 564 g/mol. The van der Waals surface area contributed by atoms with Crippen molar-refractivity contribution in [1.82, 2.24) is 19.4 Å². The Bertz CT molecular complexity index is 1310. The van der Waals surface area contributed by atoms with Crippen LogP contribution in [0.5, 0.6) is 0 Å². The molecule has 0 aliphatic carbocycles. The molecule has 2 aliphatic heterocycles. The summed E-state index contributed by atoms with van der Waals surface area (Å²) >= 11 is 5.90. The first-order valence-electron chi connectivity index (χ1n) is 12.4. The van der Waals surface area contributed by atoms with E-state index >= 15 is 0 Å². The molecular weight excluding hydrogens is 535 g/mol. The van der Waals surface area contributed by atoms with Gasteiger partial charge in [0.15, 0.2) is 0 Å². The highest BCUT2D eigenvalue weighted by atomic mass is 35.5. The summed E-state index contributed by atoms with van der Waals surface area (Å²) in [5.74, 6) is -1.00. The van der Waals surface area contributed by atoms with E-state index in [2.05, 4.69) is 5.32 Å². The van der Waals surface area contributed by atoms with Gasteiger partial charge >= 0.3 is 12.0 Å². The smallest absolute Gasteiger partial charge is 0.338 e. The van der Waals surface area contributed by atoms with Crippen LogP contribution in [0.4, 0.5) is 9.18 Å². The van der Waals surface area contributed by atoms with Crippen molar-refractivity contribution < 1.29 is 27.1 Å². The lowest BCUT2D eigenvalue weighted by Crippen LogP contribution is -2.53. The standard InChI is InChI=1S/C26H30ClFN4O5S/c1-3-32-22(17-30-13-15-31(16-14-30)38(35,36)21-11-7-19(27)8-12-21)23(25(33)37-4-2)24(29-26(32)34)18-5-9-20(28)10-6-18/h5-12,24H,3-4,13-17H2,1-2H3,(H,29,34). The molecule has 2 aliphatic rings.